The quantitative estimate of drug-likeness (QED) is 0.859. The number of rotatable bonds is 3. The fourth-order valence-electron chi connectivity index (χ4n) is 3.20. The smallest absolute Gasteiger partial charge is 0.254 e. The standard InChI is InChI=1S/C19H21NO3S/c1-19(2)13-17(24(22,23)16-11-7-4-8-12-16)20(14-19)18(21)15-9-5-3-6-10-15/h3-12,17H,13-14H2,1-2H3/t17-/m0/s1. The van der Waals surface area contributed by atoms with Gasteiger partial charge in [-0.05, 0) is 36.1 Å². The van der Waals surface area contributed by atoms with E-state index in [0.717, 1.165) is 0 Å². The van der Waals surface area contributed by atoms with Gasteiger partial charge in [-0.1, -0.05) is 50.2 Å². The third kappa shape index (κ3) is 3.08. The van der Waals surface area contributed by atoms with Gasteiger partial charge in [0, 0.05) is 12.1 Å². The van der Waals surface area contributed by atoms with E-state index in [9.17, 15) is 13.2 Å². The van der Waals surface area contributed by atoms with Crippen molar-refractivity contribution in [1.29, 1.82) is 0 Å². The number of carbonyl (C=O) groups excluding carboxylic acids is 1. The number of amides is 1. The molecule has 2 aromatic carbocycles. The molecular formula is C19H21NO3S. The average molecular weight is 343 g/mol. The minimum Gasteiger partial charge on any atom is -0.321 e. The van der Waals surface area contributed by atoms with Crippen molar-refractivity contribution >= 4 is 15.7 Å². The molecule has 0 bridgehead atoms. The van der Waals surface area contributed by atoms with Crippen LogP contribution in [0.4, 0.5) is 0 Å². The zero-order valence-electron chi connectivity index (χ0n) is 13.8. The first-order valence-corrected chi connectivity index (χ1v) is 9.51. The van der Waals surface area contributed by atoms with Crippen molar-refractivity contribution in [2.24, 2.45) is 5.41 Å². The van der Waals surface area contributed by atoms with Crippen molar-refractivity contribution in [3.63, 3.8) is 0 Å². The Morgan fingerprint density at radius 2 is 1.54 bits per heavy atom. The van der Waals surface area contributed by atoms with Gasteiger partial charge in [-0.15, -0.1) is 0 Å². The Bertz CT molecular complexity index is 829. The van der Waals surface area contributed by atoms with E-state index in [2.05, 4.69) is 0 Å². The average Bonchev–Trinajstić information content (AvgIpc) is 2.92. The Balaban J connectivity index is 2.00. The van der Waals surface area contributed by atoms with Gasteiger partial charge < -0.3 is 4.90 Å². The molecule has 24 heavy (non-hydrogen) atoms. The number of likely N-dealkylation sites (tertiary alicyclic amines) is 1. The summed E-state index contributed by atoms with van der Waals surface area (Å²) in [5.74, 6) is -0.231. The zero-order chi connectivity index (χ0) is 17.4. The molecule has 3 rings (SSSR count). The Morgan fingerprint density at radius 1 is 1.00 bits per heavy atom. The Labute approximate surface area is 143 Å². The largest absolute Gasteiger partial charge is 0.321 e. The van der Waals surface area contributed by atoms with Crippen molar-refractivity contribution in [3.8, 4) is 0 Å². The molecule has 0 N–H and O–H groups in total. The molecular weight excluding hydrogens is 322 g/mol. The first-order chi connectivity index (χ1) is 11.3. The first-order valence-electron chi connectivity index (χ1n) is 7.96. The summed E-state index contributed by atoms with van der Waals surface area (Å²) in [6, 6.07) is 17.2. The molecule has 0 spiro atoms. The highest BCUT2D eigenvalue weighted by Gasteiger charge is 2.47. The predicted molar refractivity (Wildman–Crippen MR) is 93.3 cm³/mol. The lowest BCUT2D eigenvalue weighted by molar-refractivity contribution is 0.0761. The molecule has 0 aliphatic carbocycles. The lowest BCUT2D eigenvalue weighted by atomic mass is 9.93. The second kappa shape index (κ2) is 6.06. The predicted octanol–water partition coefficient (Wildman–Crippen LogP) is 3.36. The van der Waals surface area contributed by atoms with E-state index >= 15 is 0 Å². The van der Waals surface area contributed by atoms with Crippen molar-refractivity contribution in [2.75, 3.05) is 6.54 Å². The van der Waals surface area contributed by atoms with Crippen LogP contribution < -0.4 is 0 Å². The maximum Gasteiger partial charge on any atom is 0.254 e. The van der Waals surface area contributed by atoms with Crippen molar-refractivity contribution in [3.05, 3.63) is 66.2 Å². The summed E-state index contributed by atoms with van der Waals surface area (Å²) in [6.45, 7) is 4.43. The third-order valence-electron chi connectivity index (χ3n) is 4.38. The molecule has 2 aromatic rings. The Hall–Kier alpha value is -2.14. The van der Waals surface area contributed by atoms with Crippen LogP contribution in [0.2, 0.25) is 0 Å². The molecule has 5 heteroatoms. The highest BCUT2D eigenvalue weighted by atomic mass is 32.2. The van der Waals surface area contributed by atoms with Crippen LogP contribution in [0.3, 0.4) is 0 Å². The molecule has 1 fully saturated rings. The summed E-state index contributed by atoms with van der Waals surface area (Å²) in [4.78, 5) is 14.7. The van der Waals surface area contributed by atoms with Crippen molar-refractivity contribution < 1.29 is 13.2 Å². The van der Waals surface area contributed by atoms with Gasteiger partial charge in [-0.2, -0.15) is 0 Å². The fourth-order valence-corrected chi connectivity index (χ4v) is 5.23. The van der Waals surface area contributed by atoms with Crippen molar-refractivity contribution in [1.82, 2.24) is 4.90 Å². The summed E-state index contributed by atoms with van der Waals surface area (Å²) in [5.41, 5.74) is 0.278. The van der Waals surface area contributed by atoms with Crippen LogP contribution in [0.1, 0.15) is 30.6 Å². The van der Waals surface area contributed by atoms with Crippen LogP contribution in [0, 0.1) is 5.41 Å². The van der Waals surface area contributed by atoms with Gasteiger partial charge in [-0.25, -0.2) is 8.42 Å². The lowest BCUT2D eigenvalue weighted by Crippen LogP contribution is -2.40. The van der Waals surface area contributed by atoms with E-state index in [1.54, 1.807) is 54.6 Å². The van der Waals surface area contributed by atoms with E-state index in [0.29, 0.717) is 18.5 Å². The van der Waals surface area contributed by atoms with Crippen LogP contribution in [0.15, 0.2) is 65.6 Å². The van der Waals surface area contributed by atoms with E-state index < -0.39 is 15.2 Å². The topological polar surface area (TPSA) is 54.5 Å². The second-order valence-electron chi connectivity index (χ2n) is 6.98. The Morgan fingerprint density at radius 3 is 2.12 bits per heavy atom. The summed E-state index contributed by atoms with van der Waals surface area (Å²) in [5, 5.41) is -0.831. The summed E-state index contributed by atoms with van der Waals surface area (Å²) < 4.78 is 26.1. The van der Waals surface area contributed by atoms with Gasteiger partial charge in [-0.3, -0.25) is 4.79 Å². The monoisotopic (exact) mass is 343 g/mol. The first kappa shape index (κ1) is 16.7. The number of benzene rings is 2. The van der Waals surface area contributed by atoms with Gasteiger partial charge in [0.1, 0.15) is 5.37 Å². The lowest BCUT2D eigenvalue weighted by Gasteiger charge is -2.25. The number of nitrogens with zero attached hydrogens (tertiary/aromatic N) is 1. The maximum absolute atomic E-state index is 13.1. The fraction of sp³-hybridized carbons (Fsp3) is 0.316. The molecule has 0 saturated carbocycles. The second-order valence-corrected chi connectivity index (χ2v) is 9.09. The third-order valence-corrected chi connectivity index (χ3v) is 6.45. The minimum atomic E-state index is -3.61. The van der Waals surface area contributed by atoms with Crippen LogP contribution >= 0.6 is 0 Å². The molecule has 126 valence electrons. The van der Waals surface area contributed by atoms with Crippen LogP contribution in [0.5, 0.6) is 0 Å². The minimum absolute atomic E-state index is 0.231. The number of carbonyl (C=O) groups is 1. The molecule has 1 aliphatic rings. The van der Waals surface area contributed by atoms with Gasteiger partial charge in [0.15, 0.2) is 9.84 Å². The summed E-state index contributed by atoms with van der Waals surface area (Å²) in [6.07, 6.45) is 0.433. The maximum atomic E-state index is 13.1. The number of hydrogen-bond acceptors (Lipinski definition) is 3. The Kier molecular flexibility index (Phi) is 4.22. The molecule has 1 amide bonds. The van der Waals surface area contributed by atoms with Gasteiger partial charge in [0.25, 0.3) is 5.91 Å². The molecule has 0 unspecified atom stereocenters. The summed E-state index contributed by atoms with van der Waals surface area (Å²) >= 11 is 0. The van der Waals surface area contributed by atoms with Gasteiger partial charge in [0.2, 0.25) is 0 Å². The van der Waals surface area contributed by atoms with E-state index in [-0.39, 0.29) is 16.2 Å². The SMILES string of the molecule is CC1(C)C[C@H](S(=O)(=O)c2ccccc2)N(C(=O)c2ccccc2)C1. The van der Waals surface area contributed by atoms with Gasteiger partial charge in [0.05, 0.1) is 4.90 Å². The van der Waals surface area contributed by atoms with E-state index in [1.165, 1.54) is 4.90 Å². The number of hydrogen-bond donors (Lipinski definition) is 0. The molecule has 1 aliphatic heterocycles. The molecule has 1 saturated heterocycles. The van der Waals surface area contributed by atoms with Gasteiger partial charge >= 0.3 is 0 Å². The van der Waals surface area contributed by atoms with E-state index in [1.807, 2.05) is 19.9 Å². The molecule has 1 heterocycles. The molecule has 1 atom stereocenters. The molecule has 0 radical (unpaired) electrons. The summed E-state index contributed by atoms with van der Waals surface area (Å²) in [7, 11) is -3.61. The number of sulfone groups is 1. The highest BCUT2D eigenvalue weighted by molar-refractivity contribution is 7.92. The zero-order valence-corrected chi connectivity index (χ0v) is 14.7. The van der Waals surface area contributed by atoms with E-state index in [4.69, 9.17) is 0 Å². The van der Waals surface area contributed by atoms with Crippen LogP contribution in [0.25, 0.3) is 0 Å². The molecule has 0 aromatic heterocycles. The van der Waals surface area contributed by atoms with Crippen molar-refractivity contribution in [2.45, 2.75) is 30.5 Å². The van der Waals surface area contributed by atoms with Crippen LogP contribution in [-0.2, 0) is 9.84 Å². The molecule has 4 nitrogen and oxygen atoms in total. The normalized spacial score (nSPS) is 20.1. The highest BCUT2D eigenvalue weighted by Crippen LogP contribution is 2.39. The van der Waals surface area contributed by atoms with Crippen LogP contribution in [-0.4, -0.2) is 31.1 Å².